The van der Waals surface area contributed by atoms with Crippen LogP contribution in [-0.4, -0.2) is 39.5 Å². The van der Waals surface area contributed by atoms with Crippen LogP contribution < -0.4 is 15.4 Å². The van der Waals surface area contributed by atoms with E-state index in [1.165, 1.54) is 0 Å². The molecule has 0 spiro atoms. The van der Waals surface area contributed by atoms with Gasteiger partial charge in [0.1, 0.15) is 0 Å². The summed E-state index contributed by atoms with van der Waals surface area (Å²) in [7, 11) is 0. The Bertz CT molecular complexity index is 462. The second kappa shape index (κ2) is 7.23. The van der Waals surface area contributed by atoms with Gasteiger partial charge in [0.2, 0.25) is 17.1 Å². The number of hydrogen-bond donors (Lipinski definition) is 2. The normalized spacial score (nSPS) is 11.1. The van der Waals surface area contributed by atoms with E-state index in [4.69, 9.17) is 16.3 Å². The fraction of sp³-hybridized carbons (Fsp3) is 0.667. The largest absolute Gasteiger partial charge is 0.463 e. The molecular weight excluding hydrogens is 282 g/mol. The van der Waals surface area contributed by atoms with Crippen LogP contribution in [0.5, 0.6) is 6.01 Å². The lowest BCUT2D eigenvalue weighted by Crippen LogP contribution is -2.43. The molecule has 8 heteroatoms. The molecule has 0 aliphatic carbocycles. The molecule has 0 atom stereocenters. The van der Waals surface area contributed by atoms with E-state index in [1.54, 1.807) is 0 Å². The summed E-state index contributed by atoms with van der Waals surface area (Å²) in [5.41, 5.74) is -0.287. The van der Waals surface area contributed by atoms with Gasteiger partial charge in [0.15, 0.2) is 0 Å². The monoisotopic (exact) mass is 301 g/mol. The van der Waals surface area contributed by atoms with Gasteiger partial charge in [-0.2, -0.15) is 15.0 Å². The molecule has 0 fully saturated rings. The minimum Gasteiger partial charge on any atom is -0.463 e. The molecule has 0 bridgehead atoms. The van der Waals surface area contributed by atoms with Gasteiger partial charge in [-0.15, -0.1) is 0 Å². The third-order valence-corrected chi connectivity index (χ3v) is 2.11. The minimum absolute atomic E-state index is 0.0184. The van der Waals surface area contributed by atoms with Crippen molar-refractivity contribution in [2.45, 2.75) is 39.7 Å². The molecule has 2 N–H and O–H groups in total. The first kappa shape index (κ1) is 16.4. The van der Waals surface area contributed by atoms with Crippen LogP contribution in [0.1, 0.15) is 34.1 Å². The lowest BCUT2D eigenvalue weighted by Gasteiger charge is -2.20. The molecule has 0 aliphatic rings. The first-order valence-corrected chi connectivity index (χ1v) is 6.77. The van der Waals surface area contributed by atoms with Gasteiger partial charge >= 0.3 is 6.01 Å². The van der Waals surface area contributed by atoms with Crippen molar-refractivity contribution in [2.75, 3.05) is 18.5 Å². The second-order valence-corrected chi connectivity index (χ2v) is 5.55. The zero-order valence-electron chi connectivity index (χ0n) is 12.2. The van der Waals surface area contributed by atoms with E-state index >= 15 is 0 Å². The Morgan fingerprint density at radius 3 is 2.60 bits per heavy atom. The highest BCUT2D eigenvalue weighted by Crippen LogP contribution is 2.11. The minimum atomic E-state index is -0.287. The quantitative estimate of drug-likeness (QED) is 0.830. The Morgan fingerprint density at radius 2 is 2.00 bits per heavy atom. The highest BCUT2D eigenvalue weighted by molar-refractivity contribution is 6.28. The van der Waals surface area contributed by atoms with E-state index < -0.39 is 0 Å². The number of halogens is 1. The second-order valence-electron chi connectivity index (χ2n) is 5.21. The number of ether oxygens (including phenoxy) is 1. The Kier molecular flexibility index (Phi) is 5.94. The molecule has 1 rings (SSSR count). The predicted molar refractivity (Wildman–Crippen MR) is 77.0 cm³/mol. The maximum atomic E-state index is 11.7. The molecular formula is C12H20ClN5O2. The van der Waals surface area contributed by atoms with Crippen molar-refractivity contribution in [1.29, 1.82) is 0 Å². The van der Waals surface area contributed by atoms with Gasteiger partial charge in [-0.1, -0.05) is 6.92 Å². The van der Waals surface area contributed by atoms with Gasteiger partial charge < -0.3 is 15.4 Å². The van der Waals surface area contributed by atoms with E-state index in [9.17, 15) is 4.79 Å². The molecule has 1 amide bonds. The van der Waals surface area contributed by atoms with Crippen molar-refractivity contribution in [2.24, 2.45) is 0 Å². The Labute approximate surface area is 123 Å². The number of carbonyl (C=O) groups excluding carboxylic acids is 1. The molecule has 7 nitrogen and oxygen atoms in total. The lowest BCUT2D eigenvalue weighted by molar-refractivity contribution is -0.120. The van der Waals surface area contributed by atoms with Gasteiger partial charge in [-0.05, 0) is 38.8 Å². The highest BCUT2D eigenvalue weighted by atomic mass is 35.5. The summed E-state index contributed by atoms with van der Waals surface area (Å²) in [4.78, 5) is 23.4. The van der Waals surface area contributed by atoms with Crippen LogP contribution in [-0.2, 0) is 4.79 Å². The zero-order valence-corrected chi connectivity index (χ0v) is 12.9. The van der Waals surface area contributed by atoms with Crippen molar-refractivity contribution in [3.8, 4) is 6.01 Å². The predicted octanol–water partition coefficient (Wildman–Crippen LogP) is 1.64. The number of rotatable bonds is 6. The molecule has 0 saturated carbocycles. The Morgan fingerprint density at radius 1 is 1.30 bits per heavy atom. The number of hydrogen-bond acceptors (Lipinski definition) is 6. The van der Waals surface area contributed by atoms with E-state index in [0.29, 0.717) is 6.61 Å². The third-order valence-electron chi connectivity index (χ3n) is 1.94. The van der Waals surface area contributed by atoms with Gasteiger partial charge in [0.05, 0.1) is 13.2 Å². The highest BCUT2D eigenvalue weighted by Gasteiger charge is 2.14. The average Bonchev–Trinajstić information content (AvgIpc) is 2.31. The summed E-state index contributed by atoms with van der Waals surface area (Å²) in [5, 5.41) is 5.62. The summed E-state index contributed by atoms with van der Waals surface area (Å²) >= 11 is 5.77. The number of amides is 1. The van der Waals surface area contributed by atoms with E-state index in [2.05, 4.69) is 25.6 Å². The Balaban J connectivity index is 2.59. The SMILES string of the molecule is CCCOc1nc(Cl)nc(NCC(=O)NC(C)(C)C)n1. The number of carbonyl (C=O) groups is 1. The molecule has 0 aromatic carbocycles. The summed E-state index contributed by atoms with van der Waals surface area (Å²) in [5.74, 6) is 0.0465. The summed E-state index contributed by atoms with van der Waals surface area (Å²) < 4.78 is 5.28. The molecule has 0 radical (unpaired) electrons. The van der Waals surface area contributed by atoms with Crippen LogP contribution in [0.4, 0.5) is 5.95 Å². The molecule has 1 heterocycles. The smallest absolute Gasteiger partial charge is 0.322 e. The summed E-state index contributed by atoms with van der Waals surface area (Å²) in [6.07, 6.45) is 0.833. The summed E-state index contributed by atoms with van der Waals surface area (Å²) in [6, 6.07) is 0.144. The lowest BCUT2D eigenvalue weighted by atomic mass is 10.1. The molecule has 20 heavy (non-hydrogen) atoms. The fourth-order valence-corrected chi connectivity index (χ4v) is 1.44. The Hall–Kier alpha value is -1.63. The first-order valence-electron chi connectivity index (χ1n) is 6.39. The molecule has 0 saturated heterocycles. The number of aromatic nitrogens is 3. The molecule has 112 valence electrons. The van der Waals surface area contributed by atoms with Gasteiger partial charge in [0.25, 0.3) is 0 Å². The number of nitrogens with zero attached hydrogens (tertiary/aromatic N) is 3. The van der Waals surface area contributed by atoms with Crippen LogP contribution >= 0.6 is 11.6 Å². The zero-order chi connectivity index (χ0) is 15.2. The maximum Gasteiger partial charge on any atom is 0.322 e. The average molecular weight is 302 g/mol. The van der Waals surface area contributed by atoms with Crippen LogP contribution in [0.2, 0.25) is 5.28 Å². The van der Waals surface area contributed by atoms with Crippen LogP contribution in [0.3, 0.4) is 0 Å². The van der Waals surface area contributed by atoms with Crippen molar-refractivity contribution in [3.63, 3.8) is 0 Å². The van der Waals surface area contributed by atoms with Crippen LogP contribution in [0.15, 0.2) is 0 Å². The fourth-order valence-electron chi connectivity index (χ4n) is 1.29. The molecule has 1 aromatic rings. The standard InChI is InChI=1S/C12H20ClN5O2/c1-5-6-20-11-16-9(13)15-10(17-11)14-7-8(19)18-12(2,3)4/h5-7H2,1-4H3,(H,18,19)(H,14,15,16,17). The summed E-state index contributed by atoms with van der Waals surface area (Å²) in [6.45, 7) is 8.22. The molecule has 0 aliphatic heterocycles. The third kappa shape index (κ3) is 6.51. The maximum absolute atomic E-state index is 11.7. The number of anilines is 1. The van der Waals surface area contributed by atoms with Crippen molar-refractivity contribution < 1.29 is 9.53 Å². The van der Waals surface area contributed by atoms with Crippen LogP contribution in [0.25, 0.3) is 0 Å². The van der Waals surface area contributed by atoms with E-state index in [-0.39, 0.29) is 35.2 Å². The van der Waals surface area contributed by atoms with Crippen LogP contribution in [0, 0.1) is 0 Å². The molecule has 1 aromatic heterocycles. The number of nitrogens with one attached hydrogen (secondary N) is 2. The van der Waals surface area contributed by atoms with Crippen molar-refractivity contribution in [3.05, 3.63) is 5.28 Å². The van der Waals surface area contributed by atoms with Gasteiger partial charge in [-0.25, -0.2) is 0 Å². The van der Waals surface area contributed by atoms with Crippen molar-refractivity contribution >= 4 is 23.5 Å². The first-order chi connectivity index (χ1) is 9.30. The van der Waals surface area contributed by atoms with E-state index in [0.717, 1.165) is 6.42 Å². The topological polar surface area (TPSA) is 89.0 Å². The van der Waals surface area contributed by atoms with Gasteiger partial charge in [0, 0.05) is 5.54 Å². The van der Waals surface area contributed by atoms with Gasteiger partial charge in [-0.3, -0.25) is 4.79 Å². The van der Waals surface area contributed by atoms with Crippen molar-refractivity contribution in [1.82, 2.24) is 20.3 Å². The molecule has 0 unspecified atom stereocenters. The van der Waals surface area contributed by atoms with E-state index in [1.807, 2.05) is 27.7 Å².